The molecular formula is C16H25NS. The third-order valence-corrected chi connectivity index (χ3v) is 5.05. The molecule has 1 aromatic rings. The van der Waals surface area contributed by atoms with Crippen LogP contribution in [0.4, 0.5) is 0 Å². The predicted octanol–water partition coefficient (Wildman–Crippen LogP) is 3.74. The van der Waals surface area contributed by atoms with Crippen molar-refractivity contribution in [1.82, 2.24) is 5.32 Å². The fraction of sp³-hybridized carbons (Fsp3) is 0.625. The Kier molecular flexibility index (Phi) is 4.74. The summed E-state index contributed by atoms with van der Waals surface area (Å²) < 4.78 is 0. The Morgan fingerprint density at radius 2 is 2.06 bits per heavy atom. The normalized spacial score (nSPS) is 24.7. The van der Waals surface area contributed by atoms with Crippen LogP contribution in [-0.2, 0) is 6.42 Å². The van der Waals surface area contributed by atoms with Crippen LogP contribution in [0, 0.1) is 5.41 Å². The standard InChI is InChI=1S/C16H25NS/c1-13(11-14-7-5-4-6-8-14)17-15-12-18-10-9-16(15,2)3/h4-8,13,15,17H,9-12H2,1-3H3. The Labute approximate surface area is 116 Å². The maximum atomic E-state index is 3.84. The van der Waals surface area contributed by atoms with E-state index >= 15 is 0 Å². The molecule has 2 unspecified atom stereocenters. The number of nitrogens with one attached hydrogen (secondary N) is 1. The van der Waals surface area contributed by atoms with E-state index in [-0.39, 0.29) is 0 Å². The Bertz CT molecular complexity index is 361. The zero-order valence-electron chi connectivity index (χ0n) is 11.8. The van der Waals surface area contributed by atoms with Crippen molar-refractivity contribution in [2.45, 2.75) is 45.7 Å². The summed E-state index contributed by atoms with van der Waals surface area (Å²) in [6.45, 7) is 7.11. The van der Waals surface area contributed by atoms with Gasteiger partial charge in [0.15, 0.2) is 0 Å². The van der Waals surface area contributed by atoms with Crippen LogP contribution in [0.1, 0.15) is 32.8 Å². The van der Waals surface area contributed by atoms with Gasteiger partial charge in [0.2, 0.25) is 0 Å². The summed E-state index contributed by atoms with van der Waals surface area (Å²) in [7, 11) is 0. The van der Waals surface area contributed by atoms with Gasteiger partial charge in [-0.1, -0.05) is 44.2 Å². The fourth-order valence-corrected chi connectivity index (χ4v) is 4.20. The van der Waals surface area contributed by atoms with Crippen molar-refractivity contribution in [3.8, 4) is 0 Å². The zero-order valence-corrected chi connectivity index (χ0v) is 12.6. The lowest BCUT2D eigenvalue weighted by Crippen LogP contribution is -2.50. The van der Waals surface area contributed by atoms with E-state index in [0.717, 1.165) is 6.42 Å². The first-order valence-electron chi connectivity index (χ1n) is 6.96. The van der Waals surface area contributed by atoms with Crippen molar-refractivity contribution < 1.29 is 0 Å². The Morgan fingerprint density at radius 3 is 2.72 bits per heavy atom. The number of benzene rings is 1. The zero-order chi connectivity index (χ0) is 13.0. The van der Waals surface area contributed by atoms with Crippen LogP contribution < -0.4 is 5.32 Å². The highest BCUT2D eigenvalue weighted by molar-refractivity contribution is 7.99. The third-order valence-electron chi connectivity index (χ3n) is 3.99. The van der Waals surface area contributed by atoms with Gasteiger partial charge in [0, 0.05) is 17.8 Å². The van der Waals surface area contributed by atoms with Gasteiger partial charge in [-0.15, -0.1) is 0 Å². The molecule has 2 heteroatoms. The molecule has 0 bridgehead atoms. The smallest absolute Gasteiger partial charge is 0.0212 e. The monoisotopic (exact) mass is 263 g/mol. The van der Waals surface area contributed by atoms with E-state index in [4.69, 9.17) is 0 Å². The van der Waals surface area contributed by atoms with Gasteiger partial charge in [-0.05, 0) is 36.5 Å². The predicted molar refractivity (Wildman–Crippen MR) is 82.3 cm³/mol. The van der Waals surface area contributed by atoms with Crippen LogP contribution in [0.15, 0.2) is 30.3 Å². The van der Waals surface area contributed by atoms with Crippen LogP contribution in [0.25, 0.3) is 0 Å². The van der Waals surface area contributed by atoms with Gasteiger partial charge >= 0.3 is 0 Å². The molecule has 1 nitrogen and oxygen atoms in total. The molecule has 1 aromatic carbocycles. The molecule has 18 heavy (non-hydrogen) atoms. The topological polar surface area (TPSA) is 12.0 Å². The van der Waals surface area contributed by atoms with Crippen molar-refractivity contribution in [3.63, 3.8) is 0 Å². The van der Waals surface area contributed by atoms with Crippen molar-refractivity contribution >= 4 is 11.8 Å². The lowest BCUT2D eigenvalue weighted by Gasteiger charge is -2.40. The Balaban J connectivity index is 1.89. The van der Waals surface area contributed by atoms with E-state index in [0.29, 0.717) is 17.5 Å². The molecule has 1 heterocycles. The molecule has 1 saturated heterocycles. The SMILES string of the molecule is CC(Cc1ccccc1)NC1CSCCC1(C)C. The molecule has 0 spiro atoms. The minimum Gasteiger partial charge on any atom is -0.310 e. The first-order valence-corrected chi connectivity index (χ1v) is 8.11. The summed E-state index contributed by atoms with van der Waals surface area (Å²) in [5.74, 6) is 2.57. The number of hydrogen-bond donors (Lipinski definition) is 1. The molecule has 0 saturated carbocycles. The summed E-state index contributed by atoms with van der Waals surface area (Å²) in [6.07, 6.45) is 2.45. The summed E-state index contributed by atoms with van der Waals surface area (Å²) in [6, 6.07) is 12.0. The minimum atomic E-state index is 0.441. The summed E-state index contributed by atoms with van der Waals surface area (Å²) in [5, 5.41) is 3.84. The van der Waals surface area contributed by atoms with E-state index in [9.17, 15) is 0 Å². The van der Waals surface area contributed by atoms with Crippen molar-refractivity contribution in [2.75, 3.05) is 11.5 Å². The van der Waals surface area contributed by atoms with E-state index in [1.807, 2.05) is 0 Å². The quantitative estimate of drug-likeness (QED) is 0.888. The fourth-order valence-electron chi connectivity index (χ4n) is 2.58. The molecule has 0 amide bonds. The first kappa shape index (κ1) is 14.0. The lowest BCUT2D eigenvalue weighted by molar-refractivity contribution is 0.231. The molecule has 2 atom stereocenters. The minimum absolute atomic E-state index is 0.441. The molecule has 1 fully saturated rings. The molecule has 100 valence electrons. The highest BCUT2D eigenvalue weighted by Gasteiger charge is 2.32. The second kappa shape index (κ2) is 6.12. The van der Waals surface area contributed by atoms with Gasteiger partial charge in [0.1, 0.15) is 0 Å². The largest absolute Gasteiger partial charge is 0.310 e. The second-order valence-corrected chi connectivity index (χ2v) is 7.27. The maximum absolute atomic E-state index is 3.84. The average Bonchev–Trinajstić information content (AvgIpc) is 2.33. The summed E-state index contributed by atoms with van der Waals surface area (Å²) >= 11 is 2.09. The van der Waals surface area contributed by atoms with Gasteiger partial charge in [0.25, 0.3) is 0 Å². The van der Waals surface area contributed by atoms with Crippen LogP contribution in [0.2, 0.25) is 0 Å². The maximum Gasteiger partial charge on any atom is 0.0212 e. The van der Waals surface area contributed by atoms with Crippen LogP contribution >= 0.6 is 11.8 Å². The van der Waals surface area contributed by atoms with E-state index < -0.39 is 0 Å². The van der Waals surface area contributed by atoms with Gasteiger partial charge in [-0.3, -0.25) is 0 Å². The van der Waals surface area contributed by atoms with Gasteiger partial charge < -0.3 is 5.32 Å². The Hall–Kier alpha value is -0.470. The molecule has 1 aliphatic heterocycles. The van der Waals surface area contributed by atoms with Crippen molar-refractivity contribution in [1.29, 1.82) is 0 Å². The molecule has 0 aromatic heterocycles. The highest BCUT2D eigenvalue weighted by Crippen LogP contribution is 2.34. The number of hydrogen-bond acceptors (Lipinski definition) is 2. The lowest BCUT2D eigenvalue weighted by atomic mass is 9.82. The first-order chi connectivity index (χ1) is 8.58. The third kappa shape index (κ3) is 3.76. The Morgan fingerprint density at radius 1 is 1.33 bits per heavy atom. The molecule has 0 radical (unpaired) electrons. The van der Waals surface area contributed by atoms with Gasteiger partial charge in [-0.25, -0.2) is 0 Å². The molecule has 1 N–H and O–H groups in total. The summed E-state index contributed by atoms with van der Waals surface area (Å²) in [4.78, 5) is 0. The van der Waals surface area contributed by atoms with Crippen LogP contribution in [-0.4, -0.2) is 23.6 Å². The molecule has 0 aliphatic carbocycles. The van der Waals surface area contributed by atoms with E-state index in [1.165, 1.54) is 23.5 Å². The summed E-state index contributed by atoms with van der Waals surface area (Å²) in [5.41, 5.74) is 1.87. The van der Waals surface area contributed by atoms with E-state index in [2.05, 4.69) is 68.2 Å². The molecule has 1 aliphatic rings. The molecular weight excluding hydrogens is 238 g/mol. The second-order valence-electron chi connectivity index (χ2n) is 6.12. The van der Waals surface area contributed by atoms with Crippen molar-refractivity contribution in [2.24, 2.45) is 5.41 Å². The number of thioether (sulfide) groups is 1. The highest BCUT2D eigenvalue weighted by atomic mass is 32.2. The van der Waals surface area contributed by atoms with Gasteiger partial charge in [-0.2, -0.15) is 11.8 Å². The van der Waals surface area contributed by atoms with Crippen molar-refractivity contribution in [3.05, 3.63) is 35.9 Å². The average molecular weight is 263 g/mol. The number of rotatable bonds is 4. The van der Waals surface area contributed by atoms with Crippen LogP contribution in [0.3, 0.4) is 0 Å². The van der Waals surface area contributed by atoms with Gasteiger partial charge in [0.05, 0.1) is 0 Å². The molecule has 2 rings (SSSR count). The van der Waals surface area contributed by atoms with E-state index in [1.54, 1.807) is 0 Å². The van der Waals surface area contributed by atoms with Crippen LogP contribution in [0.5, 0.6) is 0 Å².